The Hall–Kier alpha value is -3.07. The van der Waals surface area contributed by atoms with E-state index in [0.717, 1.165) is 0 Å². The van der Waals surface area contributed by atoms with E-state index in [1.807, 2.05) is 0 Å². The van der Waals surface area contributed by atoms with Gasteiger partial charge in [-0.05, 0) is 43.7 Å². The van der Waals surface area contributed by atoms with Gasteiger partial charge in [-0.3, -0.25) is 9.52 Å². The normalized spacial score (nSPS) is 12.0. The van der Waals surface area contributed by atoms with Gasteiger partial charge in [0.2, 0.25) is 0 Å². The highest BCUT2D eigenvalue weighted by molar-refractivity contribution is 7.92. The standard InChI is InChI=1S/C19H22N2O6S/c1-12-9-10-14(19(23)27-13(2)18(22)20-3)11-17(12)28(24,25)21-15-7-5-6-8-16(15)26-4/h5-11,13,21H,1-4H3,(H,20,22)/t13-/m1/s1. The van der Waals surface area contributed by atoms with E-state index in [1.165, 1.54) is 39.3 Å². The number of methoxy groups -OCH3 is 1. The Morgan fingerprint density at radius 2 is 1.79 bits per heavy atom. The largest absolute Gasteiger partial charge is 0.495 e. The maximum atomic E-state index is 12.9. The van der Waals surface area contributed by atoms with Crippen molar-refractivity contribution in [2.75, 3.05) is 18.9 Å². The summed E-state index contributed by atoms with van der Waals surface area (Å²) in [5.41, 5.74) is 0.727. The summed E-state index contributed by atoms with van der Waals surface area (Å²) >= 11 is 0. The number of hydrogen-bond donors (Lipinski definition) is 2. The fourth-order valence-corrected chi connectivity index (χ4v) is 3.77. The first-order valence-electron chi connectivity index (χ1n) is 8.38. The molecule has 28 heavy (non-hydrogen) atoms. The molecule has 1 amide bonds. The molecule has 0 saturated heterocycles. The van der Waals surface area contributed by atoms with Crippen molar-refractivity contribution in [1.82, 2.24) is 5.32 Å². The molecule has 1 atom stereocenters. The lowest BCUT2D eigenvalue weighted by atomic mass is 10.1. The first-order valence-corrected chi connectivity index (χ1v) is 9.87. The summed E-state index contributed by atoms with van der Waals surface area (Å²) in [4.78, 5) is 23.7. The Bertz CT molecular complexity index is 988. The summed E-state index contributed by atoms with van der Waals surface area (Å²) in [7, 11) is -1.14. The van der Waals surface area contributed by atoms with Crippen molar-refractivity contribution < 1.29 is 27.5 Å². The fraction of sp³-hybridized carbons (Fsp3) is 0.263. The van der Waals surface area contributed by atoms with Crippen LogP contribution in [0.15, 0.2) is 47.4 Å². The van der Waals surface area contributed by atoms with Gasteiger partial charge in [0.15, 0.2) is 6.10 Å². The number of carbonyl (C=O) groups excluding carboxylic acids is 2. The van der Waals surface area contributed by atoms with Crippen LogP contribution < -0.4 is 14.8 Å². The number of nitrogens with one attached hydrogen (secondary N) is 2. The number of esters is 1. The average molecular weight is 406 g/mol. The lowest BCUT2D eigenvalue weighted by molar-refractivity contribution is -0.128. The van der Waals surface area contributed by atoms with Gasteiger partial charge in [0.25, 0.3) is 15.9 Å². The van der Waals surface area contributed by atoms with Crippen LogP contribution in [-0.4, -0.2) is 40.6 Å². The lowest BCUT2D eigenvalue weighted by Gasteiger charge is -2.15. The molecule has 0 spiro atoms. The van der Waals surface area contributed by atoms with Crippen LogP contribution in [0.1, 0.15) is 22.8 Å². The van der Waals surface area contributed by atoms with Crippen LogP contribution in [0.3, 0.4) is 0 Å². The van der Waals surface area contributed by atoms with Gasteiger partial charge in [-0.15, -0.1) is 0 Å². The first kappa shape index (κ1) is 21.2. The third-order valence-electron chi connectivity index (χ3n) is 3.96. The number of para-hydroxylation sites is 2. The Labute approximate surface area is 163 Å². The number of likely N-dealkylation sites (N-methyl/N-ethyl adjacent to an activating group) is 1. The molecule has 2 rings (SSSR count). The summed E-state index contributed by atoms with van der Waals surface area (Å²) in [6.07, 6.45) is -1.01. The Kier molecular flexibility index (Phi) is 6.63. The Morgan fingerprint density at radius 3 is 2.43 bits per heavy atom. The van der Waals surface area contributed by atoms with Crippen LogP contribution in [0.4, 0.5) is 5.69 Å². The minimum Gasteiger partial charge on any atom is -0.495 e. The van der Waals surface area contributed by atoms with Crippen LogP contribution >= 0.6 is 0 Å². The second-order valence-electron chi connectivity index (χ2n) is 5.95. The molecule has 0 saturated carbocycles. The number of hydrogen-bond acceptors (Lipinski definition) is 6. The zero-order valence-corrected chi connectivity index (χ0v) is 16.8. The van der Waals surface area contributed by atoms with Crippen molar-refractivity contribution in [2.45, 2.75) is 24.8 Å². The van der Waals surface area contributed by atoms with Crippen molar-refractivity contribution in [3.8, 4) is 5.75 Å². The zero-order valence-electron chi connectivity index (χ0n) is 16.0. The predicted octanol–water partition coefficient (Wildman–Crippen LogP) is 2.10. The summed E-state index contributed by atoms with van der Waals surface area (Å²) in [5, 5.41) is 2.37. The maximum absolute atomic E-state index is 12.9. The number of amides is 1. The Morgan fingerprint density at radius 1 is 1.11 bits per heavy atom. The highest BCUT2D eigenvalue weighted by Crippen LogP contribution is 2.27. The topological polar surface area (TPSA) is 111 Å². The molecule has 0 fully saturated rings. The maximum Gasteiger partial charge on any atom is 0.338 e. The van der Waals surface area contributed by atoms with Crippen LogP contribution in [-0.2, 0) is 19.6 Å². The van der Waals surface area contributed by atoms with Crippen LogP contribution in [0.25, 0.3) is 0 Å². The van der Waals surface area contributed by atoms with Crippen LogP contribution in [0.5, 0.6) is 5.75 Å². The zero-order chi connectivity index (χ0) is 20.9. The van der Waals surface area contributed by atoms with Crippen LogP contribution in [0.2, 0.25) is 0 Å². The number of aryl methyl sites for hydroxylation is 1. The van der Waals surface area contributed by atoms with Crippen molar-refractivity contribution in [2.24, 2.45) is 0 Å². The van der Waals surface area contributed by atoms with Gasteiger partial charge in [0, 0.05) is 7.05 Å². The van der Waals surface area contributed by atoms with Gasteiger partial charge < -0.3 is 14.8 Å². The molecule has 0 aromatic heterocycles. The van der Waals surface area contributed by atoms with E-state index < -0.39 is 28.0 Å². The minimum atomic E-state index is -4.00. The highest BCUT2D eigenvalue weighted by Gasteiger charge is 2.23. The molecule has 2 N–H and O–H groups in total. The molecule has 0 radical (unpaired) electrons. The lowest BCUT2D eigenvalue weighted by Crippen LogP contribution is -2.33. The molecular formula is C19H22N2O6S. The molecular weight excluding hydrogens is 384 g/mol. The van der Waals surface area contributed by atoms with Gasteiger partial charge in [-0.2, -0.15) is 0 Å². The second-order valence-corrected chi connectivity index (χ2v) is 7.60. The van der Waals surface area contributed by atoms with E-state index in [4.69, 9.17) is 9.47 Å². The second kappa shape index (κ2) is 8.75. The summed E-state index contributed by atoms with van der Waals surface area (Å²) < 4.78 is 38.4. The molecule has 0 aliphatic rings. The van der Waals surface area contributed by atoms with Crippen LogP contribution in [0, 0.1) is 6.92 Å². The summed E-state index contributed by atoms with van der Waals surface area (Å²) in [5.74, 6) is -0.908. The molecule has 0 aliphatic carbocycles. The summed E-state index contributed by atoms with van der Waals surface area (Å²) in [6, 6.07) is 10.7. The molecule has 0 aliphatic heterocycles. The molecule has 2 aromatic carbocycles. The number of sulfonamides is 1. The van der Waals surface area contributed by atoms with Gasteiger partial charge >= 0.3 is 5.97 Å². The van der Waals surface area contributed by atoms with Crippen molar-refractivity contribution >= 4 is 27.6 Å². The van der Waals surface area contributed by atoms with Gasteiger partial charge in [0.05, 0.1) is 23.3 Å². The fourth-order valence-electron chi connectivity index (χ4n) is 2.43. The SMILES string of the molecule is CNC(=O)[C@@H](C)OC(=O)c1ccc(C)c(S(=O)(=O)Nc2ccccc2OC)c1. The van der Waals surface area contributed by atoms with E-state index in [-0.39, 0.29) is 16.1 Å². The first-order chi connectivity index (χ1) is 13.2. The molecule has 2 aromatic rings. The number of rotatable bonds is 7. The van der Waals surface area contributed by atoms with E-state index in [0.29, 0.717) is 11.3 Å². The average Bonchev–Trinajstić information content (AvgIpc) is 2.67. The molecule has 0 heterocycles. The van der Waals surface area contributed by atoms with E-state index in [1.54, 1.807) is 31.2 Å². The Balaban J connectivity index is 2.33. The van der Waals surface area contributed by atoms with Gasteiger partial charge in [-0.1, -0.05) is 18.2 Å². The van der Waals surface area contributed by atoms with Gasteiger partial charge in [0.1, 0.15) is 5.75 Å². The van der Waals surface area contributed by atoms with E-state index >= 15 is 0 Å². The molecule has 8 nitrogen and oxygen atoms in total. The van der Waals surface area contributed by atoms with Crippen molar-refractivity contribution in [3.05, 3.63) is 53.6 Å². The van der Waals surface area contributed by atoms with Crippen molar-refractivity contribution in [1.29, 1.82) is 0 Å². The molecule has 150 valence electrons. The van der Waals surface area contributed by atoms with Crippen molar-refractivity contribution in [3.63, 3.8) is 0 Å². The minimum absolute atomic E-state index is 0.0155. The monoisotopic (exact) mass is 406 g/mol. The number of benzene rings is 2. The van der Waals surface area contributed by atoms with E-state index in [9.17, 15) is 18.0 Å². The third kappa shape index (κ3) is 4.80. The number of anilines is 1. The molecule has 9 heteroatoms. The smallest absolute Gasteiger partial charge is 0.338 e. The molecule has 0 unspecified atom stereocenters. The predicted molar refractivity (Wildman–Crippen MR) is 104 cm³/mol. The highest BCUT2D eigenvalue weighted by atomic mass is 32.2. The third-order valence-corrected chi connectivity index (χ3v) is 5.47. The quantitative estimate of drug-likeness (QED) is 0.681. The number of ether oxygens (including phenoxy) is 2. The van der Waals surface area contributed by atoms with Gasteiger partial charge in [-0.25, -0.2) is 13.2 Å². The van der Waals surface area contributed by atoms with E-state index in [2.05, 4.69) is 10.0 Å². The number of carbonyl (C=O) groups is 2. The molecule has 0 bridgehead atoms. The summed E-state index contributed by atoms with van der Waals surface area (Å²) in [6.45, 7) is 3.03.